The normalized spacial score (nSPS) is 13.0. The molecular weight excluding hydrogens is 324 g/mol. The van der Waals surface area contributed by atoms with Crippen molar-refractivity contribution in [3.63, 3.8) is 0 Å². The predicted molar refractivity (Wildman–Crippen MR) is 90.8 cm³/mol. The highest BCUT2D eigenvalue weighted by molar-refractivity contribution is 6.04. The van der Waals surface area contributed by atoms with Gasteiger partial charge < -0.3 is 9.47 Å². The van der Waals surface area contributed by atoms with E-state index in [-0.39, 0.29) is 13.2 Å². The van der Waals surface area contributed by atoms with Crippen LogP contribution in [0.2, 0.25) is 0 Å². The zero-order valence-electron chi connectivity index (χ0n) is 15.0. The van der Waals surface area contributed by atoms with Gasteiger partial charge in [0, 0.05) is 5.92 Å². The quantitative estimate of drug-likeness (QED) is 0.503. The molecule has 0 aliphatic heterocycles. The van der Waals surface area contributed by atoms with E-state index < -0.39 is 41.3 Å². The minimum atomic E-state index is -1.26. The van der Waals surface area contributed by atoms with Crippen molar-refractivity contribution in [2.75, 3.05) is 13.2 Å². The number of ether oxygens (including phenoxy) is 2. The maximum Gasteiger partial charge on any atom is 0.317 e. The van der Waals surface area contributed by atoms with E-state index in [0.717, 1.165) is 0 Å². The Balaban J connectivity index is 3.50. The lowest BCUT2D eigenvalue weighted by molar-refractivity contribution is -0.157. The molecule has 0 fully saturated rings. The van der Waals surface area contributed by atoms with Crippen LogP contribution in [0.5, 0.6) is 0 Å². The Hall–Kier alpha value is -2.50. The summed E-state index contributed by atoms with van der Waals surface area (Å²) in [5.41, 5.74) is 0.531. The molecule has 6 nitrogen and oxygen atoms in total. The number of carbonyl (C=O) groups excluding carboxylic acids is 4. The van der Waals surface area contributed by atoms with E-state index in [1.807, 2.05) is 0 Å². The second-order valence-electron chi connectivity index (χ2n) is 5.62. The summed E-state index contributed by atoms with van der Waals surface area (Å²) in [5, 5.41) is 0. The molecule has 0 saturated carbocycles. The minimum Gasteiger partial charge on any atom is -0.465 e. The van der Waals surface area contributed by atoms with E-state index in [9.17, 15) is 19.2 Å². The molecule has 0 aliphatic carbocycles. The van der Waals surface area contributed by atoms with Gasteiger partial charge in [0.1, 0.15) is 23.4 Å². The SMILES string of the molecule is CCOC(=O)[C@@H](C(C)=O)C(c1ccccc1)[C@H](C(C)=O)C(=O)OCC. The fourth-order valence-corrected chi connectivity index (χ4v) is 2.85. The fraction of sp³-hybridized carbons (Fsp3) is 0.474. The van der Waals surface area contributed by atoms with Gasteiger partial charge in [0.15, 0.2) is 0 Å². The molecule has 1 aromatic rings. The summed E-state index contributed by atoms with van der Waals surface area (Å²) in [6.07, 6.45) is 0. The van der Waals surface area contributed by atoms with E-state index in [2.05, 4.69) is 0 Å². The van der Waals surface area contributed by atoms with Gasteiger partial charge in [-0.25, -0.2) is 0 Å². The standard InChI is InChI=1S/C19H24O6/c1-5-24-18(22)15(12(3)20)17(14-10-8-7-9-11-14)16(13(4)21)19(23)25-6-2/h7-11,15-17H,5-6H2,1-4H3/t15-,16-/m0/s1. The van der Waals surface area contributed by atoms with Crippen molar-refractivity contribution in [2.24, 2.45) is 11.8 Å². The van der Waals surface area contributed by atoms with Gasteiger partial charge in [-0.3, -0.25) is 19.2 Å². The molecule has 0 aliphatic rings. The van der Waals surface area contributed by atoms with Crippen molar-refractivity contribution in [2.45, 2.75) is 33.6 Å². The molecule has 0 heterocycles. The molecule has 6 heteroatoms. The second kappa shape index (κ2) is 9.71. The first-order valence-corrected chi connectivity index (χ1v) is 8.24. The average Bonchev–Trinajstić information content (AvgIpc) is 2.54. The summed E-state index contributed by atoms with van der Waals surface area (Å²) >= 11 is 0. The first-order valence-electron chi connectivity index (χ1n) is 8.24. The van der Waals surface area contributed by atoms with Crippen LogP contribution in [0.1, 0.15) is 39.2 Å². The third-order valence-electron chi connectivity index (χ3n) is 3.86. The van der Waals surface area contributed by atoms with Crippen molar-refractivity contribution >= 4 is 23.5 Å². The van der Waals surface area contributed by atoms with Crippen LogP contribution in [0, 0.1) is 11.8 Å². The minimum absolute atomic E-state index is 0.0915. The lowest BCUT2D eigenvalue weighted by Gasteiger charge is -2.29. The third-order valence-corrected chi connectivity index (χ3v) is 3.86. The molecule has 0 radical (unpaired) electrons. The number of benzene rings is 1. The monoisotopic (exact) mass is 348 g/mol. The molecule has 0 bridgehead atoms. The molecule has 0 amide bonds. The van der Waals surface area contributed by atoms with E-state index in [1.165, 1.54) is 13.8 Å². The van der Waals surface area contributed by atoms with Crippen LogP contribution in [0.4, 0.5) is 0 Å². The highest BCUT2D eigenvalue weighted by Crippen LogP contribution is 2.35. The van der Waals surface area contributed by atoms with Crippen LogP contribution in [0.3, 0.4) is 0 Å². The summed E-state index contributed by atoms with van der Waals surface area (Å²) in [5.74, 6) is -5.94. The Morgan fingerprint density at radius 3 is 1.52 bits per heavy atom. The van der Waals surface area contributed by atoms with E-state index >= 15 is 0 Å². The first kappa shape index (κ1) is 20.5. The Labute approximate surface area is 147 Å². The zero-order valence-corrected chi connectivity index (χ0v) is 15.0. The summed E-state index contributed by atoms with van der Waals surface area (Å²) in [6, 6.07) is 8.55. The highest BCUT2D eigenvalue weighted by atomic mass is 16.5. The summed E-state index contributed by atoms with van der Waals surface area (Å²) in [4.78, 5) is 49.2. The molecular formula is C19H24O6. The molecule has 1 rings (SSSR count). The molecule has 136 valence electrons. The Morgan fingerprint density at radius 2 is 1.20 bits per heavy atom. The predicted octanol–water partition coefficient (Wildman–Crippen LogP) is 2.31. The fourth-order valence-electron chi connectivity index (χ4n) is 2.85. The summed E-state index contributed by atoms with van der Waals surface area (Å²) in [7, 11) is 0. The Kier molecular flexibility index (Phi) is 7.98. The van der Waals surface area contributed by atoms with E-state index in [4.69, 9.17) is 9.47 Å². The lowest BCUT2D eigenvalue weighted by atomic mass is 9.73. The Morgan fingerprint density at radius 1 is 0.800 bits per heavy atom. The van der Waals surface area contributed by atoms with Gasteiger partial charge in [0.2, 0.25) is 0 Å². The van der Waals surface area contributed by atoms with Crippen LogP contribution in [-0.4, -0.2) is 36.7 Å². The van der Waals surface area contributed by atoms with Crippen LogP contribution < -0.4 is 0 Å². The molecule has 0 N–H and O–H groups in total. The number of hydrogen-bond acceptors (Lipinski definition) is 6. The van der Waals surface area contributed by atoms with E-state index in [0.29, 0.717) is 5.56 Å². The smallest absolute Gasteiger partial charge is 0.317 e. The van der Waals surface area contributed by atoms with Crippen molar-refractivity contribution < 1.29 is 28.7 Å². The van der Waals surface area contributed by atoms with Crippen LogP contribution >= 0.6 is 0 Å². The number of rotatable bonds is 9. The number of carbonyl (C=O) groups is 4. The maximum atomic E-state index is 12.4. The van der Waals surface area contributed by atoms with Crippen LogP contribution in [0.25, 0.3) is 0 Å². The molecule has 0 spiro atoms. The van der Waals surface area contributed by atoms with Gasteiger partial charge >= 0.3 is 11.9 Å². The topological polar surface area (TPSA) is 86.7 Å². The number of Topliss-reactive ketones (excluding diaryl/α,β-unsaturated/α-hetero) is 2. The first-order chi connectivity index (χ1) is 11.8. The molecule has 1 aromatic carbocycles. The second-order valence-corrected chi connectivity index (χ2v) is 5.62. The largest absolute Gasteiger partial charge is 0.465 e. The number of hydrogen-bond donors (Lipinski definition) is 0. The highest BCUT2D eigenvalue weighted by Gasteiger charge is 2.45. The van der Waals surface area contributed by atoms with E-state index in [1.54, 1.807) is 44.2 Å². The molecule has 0 unspecified atom stereocenters. The maximum absolute atomic E-state index is 12.4. The molecule has 0 saturated heterocycles. The lowest BCUT2D eigenvalue weighted by Crippen LogP contribution is -2.40. The van der Waals surface area contributed by atoms with Crippen molar-refractivity contribution in [3.8, 4) is 0 Å². The summed E-state index contributed by atoms with van der Waals surface area (Å²) < 4.78 is 10.0. The third kappa shape index (κ3) is 5.24. The number of ketones is 2. The van der Waals surface area contributed by atoms with Crippen molar-refractivity contribution in [1.29, 1.82) is 0 Å². The van der Waals surface area contributed by atoms with Crippen LogP contribution in [-0.2, 0) is 28.7 Å². The molecule has 0 aromatic heterocycles. The van der Waals surface area contributed by atoms with Gasteiger partial charge in [-0.15, -0.1) is 0 Å². The Bertz CT molecular complexity index is 586. The molecule has 2 atom stereocenters. The molecule has 25 heavy (non-hydrogen) atoms. The van der Waals surface area contributed by atoms with Crippen molar-refractivity contribution in [1.82, 2.24) is 0 Å². The van der Waals surface area contributed by atoms with Crippen LogP contribution in [0.15, 0.2) is 30.3 Å². The van der Waals surface area contributed by atoms with Gasteiger partial charge in [-0.2, -0.15) is 0 Å². The van der Waals surface area contributed by atoms with Gasteiger partial charge in [-0.1, -0.05) is 30.3 Å². The van der Waals surface area contributed by atoms with Gasteiger partial charge in [-0.05, 0) is 33.3 Å². The number of esters is 2. The zero-order chi connectivity index (χ0) is 19.0. The summed E-state index contributed by atoms with van der Waals surface area (Å²) in [6.45, 7) is 5.93. The average molecular weight is 348 g/mol. The van der Waals surface area contributed by atoms with Gasteiger partial charge in [0.25, 0.3) is 0 Å². The van der Waals surface area contributed by atoms with Gasteiger partial charge in [0.05, 0.1) is 13.2 Å². The van der Waals surface area contributed by atoms with Crippen molar-refractivity contribution in [3.05, 3.63) is 35.9 Å².